The van der Waals surface area contributed by atoms with Gasteiger partial charge in [-0.25, -0.2) is 0 Å². The Morgan fingerprint density at radius 3 is 2.69 bits per heavy atom. The summed E-state index contributed by atoms with van der Waals surface area (Å²) in [5.74, 6) is -2.51. The minimum absolute atomic E-state index is 0.292. The maximum absolute atomic E-state index is 13.2. The van der Waals surface area contributed by atoms with Crippen molar-refractivity contribution in [1.29, 1.82) is 0 Å². The Kier molecular flexibility index (Phi) is 8.15. The van der Waals surface area contributed by atoms with Gasteiger partial charge in [-0.05, 0) is 30.0 Å². The number of fused-ring (bicyclic) bond motifs is 5. The van der Waals surface area contributed by atoms with Crippen LogP contribution >= 0.6 is 0 Å². The van der Waals surface area contributed by atoms with Crippen molar-refractivity contribution in [2.24, 2.45) is 5.92 Å². The van der Waals surface area contributed by atoms with Crippen molar-refractivity contribution in [3.63, 3.8) is 0 Å². The predicted molar refractivity (Wildman–Crippen MR) is 132 cm³/mol. The Morgan fingerprint density at radius 2 is 1.89 bits per heavy atom. The molecule has 0 aliphatic carbocycles. The number of carboxylic acid groups (broad SMARTS) is 1. The number of nitrogens with one attached hydrogen (secondary N) is 2. The molecule has 184 valence electrons. The first-order chi connectivity index (χ1) is 17.0. The largest absolute Gasteiger partial charge is 0.481 e. The van der Waals surface area contributed by atoms with Crippen LogP contribution in [0.2, 0.25) is 0 Å². The quantitative estimate of drug-likeness (QED) is 0.485. The highest BCUT2D eigenvalue weighted by Crippen LogP contribution is 2.23. The smallest absolute Gasteiger partial charge is 0.304 e. The number of hydrogen-bond donors (Lipinski definition) is 3. The summed E-state index contributed by atoms with van der Waals surface area (Å²) in [7, 11) is 0. The Morgan fingerprint density at radius 1 is 1.11 bits per heavy atom. The fraction of sp³-hybridized carbons (Fsp3) is 0.370. The lowest BCUT2D eigenvalue weighted by molar-refractivity contribution is -0.141. The number of aromatic nitrogens is 1. The first-order valence-corrected chi connectivity index (χ1v) is 12.0. The van der Waals surface area contributed by atoms with E-state index in [1.165, 1.54) is 0 Å². The maximum Gasteiger partial charge on any atom is 0.304 e. The van der Waals surface area contributed by atoms with Crippen molar-refractivity contribution in [3.8, 4) is 0 Å². The average molecular weight is 478 g/mol. The molecule has 35 heavy (non-hydrogen) atoms. The first-order valence-electron chi connectivity index (χ1n) is 12.0. The molecule has 2 bridgehead atoms. The van der Waals surface area contributed by atoms with Crippen LogP contribution in [0.25, 0.3) is 10.9 Å². The van der Waals surface area contributed by atoms with Gasteiger partial charge < -0.3 is 25.0 Å². The van der Waals surface area contributed by atoms with Gasteiger partial charge in [0, 0.05) is 42.5 Å². The predicted octanol–water partition coefficient (Wildman–Crippen LogP) is 2.54. The summed E-state index contributed by atoms with van der Waals surface area (Å²) < 4.78 is 7.76. The van der Waals surface area contributed by atoms with Crippen molar-refractivity contribution in [3.05, 3.63) is 71.9 Å². The molecule has 1 unspecified atom stereocenters. The van der Waals surface area contributed by atoms with Crippen molar-refractivity contribution in [1.82, 2.24) is 15.2 Å². The van der Waals surface area contributed by atoms with Gasteiger partial charge in [0.25, 0.3) is 0 Å². The van der Waals surface area contributed by atoms with E-state index >= 15 is 0 Å². The van der Waals surface area contributed by atoms with Crippen molar-refractivity contribution >= 4 is 28.7 Å². The summed E-state index contributed by atoms with van der Waals surface area (Å²) in [6.07, 6.45) is 2.98. The van der Waals surface area contributed by atoms with Gasteiger partial charge >= 0.3 is 5.97 Å². The fourth-order valence-corrected chi connectivity index (χ4v) is 4.55. The second kappa shape index (κ2) is 11.7. The molecule has 2 amide bonds. The van der Waals surface area contributed by atoms with E-state index in [1.54, 1.807) is 0 Å². The van der Waals surface area contributed by atoms with Crippen molar-refractivity contribution < 1.29 is 24.2 Å². The molecule has 0 fully saturated rings. The molecule has 0 saturated heterocycles. The van der Waals surface area contributed by atoms with Crippen LogP contribution in [0.15, 0.2) is 60.8 Å². The molecular formula is C27H31N3O5. The van der Waals surface area contributed by atoms with E-state index in [0.717, 1.165) is 22.0 Å². The van der Waals surface area contributed by atoms with Gasteiger partial charge in [0.1, 0.15) is 6.04 Å². The lowest BCUT2D eigenvalue weighted by Crippen LogP contribution is -2.50. The van der Waals surface area contributed by atoms with E-state index < -0.39 is 23.8 Å². The third kappa shape index (κ3) is 6.48. The van der Waals surface area contributed by atoms with Gasteiger partial charge in [-0.15, -0.1) is 0 Å². The number of carbonyl (C=O) groups is 3. The highest BCUT2D eigenvalue weighted by Gasteiger charge is 2.28. The second-order valence-corrected chi connectivity index (χ2v) is 8.85. The van der Waals surface area contributed by atoms with E-state index in [9.17, 15) is 19.5 Å². The zero-order valence-corrected chi connectivity index (χ0v) is 19.6. The standard InChI is InChI=1S/C27H31N3O5/c31-25(32)17-20(11-10-19-6-2-1-3-7-19)26(33)29-23-16-21-18-30(24-9-5-4-8-22(21)24)13-15-35-14-12-28-27(23)34/h1-9,18,20,23H,10-17H2,(H,28,34)(H,29,33)(H,31,32)/t20-,23?/m1/s1. The van der Waals surface area contributed by atoms with E-state index in [2.05, 4.69) is 15.2 Å². The van der Waals surface area contributed by atoms with Crippen LogP contribution in [0.1, 0.15) is 24.0 Å². The van der Waals surface area contributed by atoms with Gasteiger partial charge in [-0.3, -0.25) is 14.4 Å². The molecule has 1 aliphatic heterocycles. The molecule has 0 radical (unpaired) electrons. The van der Waals surface area contributed by atoms with Crippen LogP contribution < -0.4 is 10.6 Å². The number of carbonyl (C=O) groups excluding carboxylic acids is 2. The number of aliphatic carboxylic acids is 1. The van der Waals surface area contributed by atoms with Crippen LogP contribution in [0.5, 0.6) is 0 Å². The maximum atomic E-state index is 13.2. The number of carboxylic acids is 1. The summed E-state index contributed by atoms with van der Waals surface area (Å²) in [5, 5.41) is 16.1. The molecule has 4 rings (SSSR count). The molecule has 3 aromatic rings. The van der Waals surface area contributed by atoms with Gasteiger partial charge in [-0.1, -0.05) is 48.5 Å². The Hall–Kier alpha value is -3.65. The van der Waals surface area contributed by atoms with E-state index in [-0.39, 0.29) is 12.3 Å². The van der Waals surface area contributed by atoms with Crippen molar-refractivity contribution in [2.75, 3.05) is 19.8 Å². The number of ether oxygens (including phenoxy) is 1. The highest BCUT2D eigenvalue weighted by molar-refractivity contribution is 5.91. The van der Waals surface area contributed by atoms with Gasteiger partial charge in [0.15, 0.2) is 0 Å². The topological polar surface area (TPSA) is 110 Å². The van der Waals surface area contributed by atoms with Crippen LogP contribution in [0.4, 0.5) is 0 Å². The molecule has 3 N–H and O–H groups in total. The van der Waals surface area contributed by atoms with E-state index in [1.807, 2.05) is 60.8 Å². The third-order valence-electron chi connectivity index (χ3n) is 6.37. The molecule has 0 spiro atoms. The average Bonchev–Trinajstić information content (AvgIpc) is 3.20. The molecule has 8 nitrogen and oxygen atoms in total. The number of para-hydroxylation sites is 1. The zero-order chi connectivity index (χ0) is 24.6. The minimum Gasteiger partial charge on any atom is -0.481 e. The normalized spacial score (nSPS) is 17.6. The number of amides is 2. The Balaban J connectivity index is 1.55. The molecule has 1 aromatic heterocycles. The van der Waals surface area contributed by atoms with Gasteiger partial charge in [0.2, 0.25) is 11.8 Å². The van der Waals surface area contributed by atoms with Crippen LogP contribution in [0.3, 0.4) is 0 Å². The van der Waals surface area contributed by atoms with Crippen molar-refractivity contribution in [2.45, 2.75) is 38.3 Å². The number of benzene rings is 2. The van der Waals surface area contributed by atoms with Crippen LogP contribution in [-0.4, -0.2) is 53.3 Å². The minimum atomic E-state index is -1.04. The molecule has 1 aliphatic rings. The molecule has 0 saturated carbocycles. The summed E-state index contributed by atoms with van der Waals surface area (Å²) in [6.45, 7) is 1.93. The number of rotatable bonds is 7. The summed E-state index contributed by atoms with van der Waals surface area (Å²) >= 11 is 0. The number of hydrogen-bond acceptors (Lipinski definition) is 4. The third-order valence-corrected chi connectivity index (χ3v) is 6.37. The number of aryl methyl sites for hydroxylation is 1. The summed E-state index contributed by atoms with van der Waals surface area (Å²) in [5.41, 5.74) is 3.02. The molecular weight excluding hydrogens is 446 g/mol. The lowest BCUT2D eigenvalue weighted by atomic mass is 9.94. The number of nitrogens with zero attached hydrogens (tertiary/aromatic N) is 1. The lowest BCUT2D eigenvalue weighted by Gasteiger charge is -2.22. The molecule has 2 heterocycles. The second-order valence-electron chi connectivity index (χ2n) is 8.85. The Bertz CT molecular complexity index is 1170. The highest BCUT2D eigenvalue weighted by atomic mass is 16.5. The molecule has 8 heteroatoms. The van der Waals surface area contributed by atoms with E-state index in [4.69, 9.17) is 4.74 Å². The Labute approximate surface area is 204 Å². The zero-order valence-electron chi connectivity index (χ0n) is 19.6. The monoisotopic (exact) mass is 477 g/mol. The fourth-order valence-electron chi connectivity index (χ4n) is 4.55. The van der Waals surface area contributed by atoms with Crippen LogP contribution in [-0.2, 0) is 38.5 Å². The van der Waals surface area contributed by atoms with Gasteiger partial charge in [0.05, 0.1) is 19.6 Å². The molecule has 2 atom stereocenters. The summed E-state index contributed by atoms with van der Waals surface area (Å²) in [4.78, 5) is 37.8. The first kappa shape index (κ1) is 24.5. The molecule has 2 aromatic carbocycles. The van der Waals surface area contributed by atoms with Gasteiger partial charge in [-0.2, -0.15) is 0 Å². The van der Waals surface area contributed by atoms with E-state index in [0.29, 0.717) is 45.6 Å². The summed E-state index contributed by atoms with van der Waals surface area (Å²) in [6, 6.07) is 16.8. The van der Waals surface area contributed by atoms with Crippen LogP contribution in [0, 0.1) is 5.92 Å². The SMILES string of the molecule is O=C(O)C[C@@H](CCc1ccccc1)C(=O)NC1Cc2cn(c3ccccc23)CCOCCNC1=O.